The van der Waals surface area contributed by atoms with E-state index in [0.717, 1.165) is 24.1 Å². The Kier molecular flexibility index (Phi) is 6.60. The molecule has 2 heterocycles. The quantitative estimate of drug-likeness (QED) is 0.186. The van der Waals surface area contributed by atoms with Gasteiger partial charge in [0.1, 0.15) is 0 Å². The molecule has 2 aliphatic carbocycles. The third kappa shape index (κ3) is 4.44. The maximum absolute atomic E-state index is 4.99. The Hall–Kier alpha value is -5.44. The van der Waals surface area contributed by atoms with E-state index in [1.165, 1.54) is 71.0 Å². The molecule has 10 rings (SSSR count). The zero-order valence-corrected chi connectivity index (χ0v) is 27.8. The molecule has 0 amide bonds. The smallest absolute Gasteiger partial charge is 0.0941 e. The van der Waals surface area contributed by atoms with Gasteiger partial charge in [-0.1, -0.05) is 157 Å². The highest BCUT2D eigenvalue weighted by Crippen LogP contribution is 2.62. The first-order valence-corrected chi connectivity index (χ1v) is 18.0. The molecule has 2 atom stereocenters. The summed E-state index contributed by atoms with van der Waals surface area (Å²) in [5, 5.41) is 0. The van der Waals surface area contributed by atoms with Crippen LogP contribution in [-0.4, -0.2) is 5.71 Å². The Morgan fingerprint density at radius 3 is 2.12 bits per heavy atom. The van der Waals surface area contributed by atoms with Gasteiger partial charge >= 0.3 is 0 Å². The fraction of sp³-hybridized carbons (Fsp3) is 0.0851. The summed E-state index contributed by atoms with van der Waals surface area (Å²) in [5.74, 6) is 0. The molecule has 6 aromatic rings. The van der Waals surface area contributed by atoms with E-state index in [2.05, 4.69) is 170 Å². The first kappa shape index (κ1) is 28.6. The van der Waals surface area contributed by atoms with Crippen LogP contribution in [0, 0.1) is 0 Å². The number of hydrogen-bond donors (Lipinski definition) is 0. The molecule has 2 heteroatoms. The van der Waals surface area contributed by atoms with Crippen LogP contribution < -0.4 is 0 Å². The number of aliphatic imine (C=N–C) groups is 1. The predicted octanol–water partition coefficient (Wildman–Crippen LogP) is 12.0. The number of hydrogen-bond acceptors (Lipinski definition) is 2. The Morgan fingerprint density at radius 2 is 1.24 bits per heavy atom. The summed E-state index contributed by atoms with van der Waals surface area (Å²) in [6, 6.07) is 53.8. The van der Waals surface area contributed by atoms with Crippen molar-refractivity contribution >= 4 is 23.0 Å². The third-order valence-electron chi connectivity index (χ3n) is 10.7. The monoisotopic (exact) mass is 643 g/mol. The van der Waals surface area contributed by atoms with Crippen molar-refractivity contribution in [2.24, 2.45) is 4.99 Å². The summed E-state index contributed by atoms with van der Waals surface area (Å²) in [7, 11) is 0. The van der Waals surface area contributed by atoms with Gasteiger partial charge in [0.05, 0.1) is 17.2 Å². The fourth-order valence-corrected chi connectivity index (χ4v) is 9.69. The average Bonchev–Trinajstić information content (AvgIpc) is 3.78. The van der Waals surface area contributed by atoms with Crippen LogP contribution in [0.1, 0.15) is 52.3 Å². The maximum atomic E-state index is 4.99. The van der Waals surface area contributed by atoms with Crippen LogP contribution in [0.2, 0.25) is 0 Å². The predicted molar refractivity (Wildman–Crippen MR) is 204 cm³/mol. The summed E-state index contributed by atoms with van der Waals surface area (Å²) >= 11 is 1.92. The van der Waals surface area contributed by atoms with Crippen LogP contribution in [0.15, 0.2) is 190 Å². The van der Waals surface area contributed by atoms with Crippen LogP contribution in [-0.2, 0) is 5.41 Å². The van der Waals surface area contributed by atoms with Gasteiger partial charge in [-0.3, -0.25) is 4.99 Å². The van der Waals surface area contributed by atoms with Gasteiger partial charge in [-0.25, -0.2) is 0 Å². The second-order valence-electron chi connectivity index (χ2n) is 13.3. The van der Waals surface area contributed by atoms with E-state index >= 15 is 0 Å². The van der Waals surface area contributed by atoms with Crippen molar-refractivity contribution in [2.45, 2.75) is 34.1 Å². The molecular weight excluding hydrogens is 611 g/mol. The molecule has 232 valence electrons. The van der Waals surface area contributed by atoms with E-state index in [-0.39, 0.29) is 11.5 Å². The lowest BCUT2D eigenvalue weighted by atomic mass is 9.66. The second kappa shape index (κ2) is 11.3. The van der Waals surface area contributed by atoms with E-state index in [1.807, 2.05) is 11.8 Å². The average molecular weight is 644 g/mol. The molecule has 1 spiro atoms. The van der Waals surface area contributed by atoms with Crippen molar-refractivity contribution in [1.82, 2.24) is 0 Å². The zero-order valence-electron chi connectivity index (χ0n) is 27.0. The molecule has 0 saturated carbocycles. The SMILES string of the molecule is C1=CC2=C(CC1)c1ccccc1[C@]21c2ccccc2Sc2cc(-c3cccc(-c4ccc(C5=NC(c6ccccc6)C=C5)cc4)c3)ccc21. The van der Waals surface area contributed by atoms with Crippen LogP contribution >= 0.6 is 11.8 Å². The van der Waals surface area contributed by atoms with Gasteiger partial charge in [-0.05, 0) is 104 Å². The van der Waals surface area contributed by atoms with Crippen molar-refractivity contribution in [3.8, 4) is 22.3 Å². The molecule has 0 N–H and O–H groups in total. The van der Waals surface area contributed by atoms with Gasteiger partial charge in [0.15, 0.2) is 0 Å². The molecule has 0 radical (unpaired) electrons. The standard InChI is InChI=1S/C47H33NS/c1-2-11-32(12-3-1)43-27-28-44(48-43)33-23-21-31(22-24-33)34-13-10-14-35(29-34)36-25-26-42-46(30-36)49-45-20-9-8-19-41(45)47(42)39-17-6-4-15-37(39)38-16-5-7-18-40(38)47/h1-4,6-15,17-30,43H,5,16H2/t43?,47-/m1/s1. The molecule has 0 aromatic heterocycles. The fourth-order valence-electron chi connectivity index (χ4n) is 8.46. The Morgan fingerprint density at radius 1 is 0.551 bits per heavy atom. The number of nitrogens with zero attached hydrogens (tertiary/aromatic N) is 1. The van der Waals surface area contributed by atoms with E-state index in [1.54, 1.807) is 0 Å². The van der Waals surface area contributed by atoms with E-state index in [0.29, 0.717) is 0 Å². The minimum atomic E-state index is -0.290. The van der Waals surface area contributed by atoms with E-state index < -0.39 is 0 Å². The molecule has 2 aliphatic heterocycles. The molecule has 49 heavy (non-hydrogen) atoms. The largest absolute Gasteiger partial charge is 0.272 e. The Bertz CT molecular complexity index is 2410. The highest BCUT2D eigenvalue weighted by molar-refractivity contribution is 7.99. The molecular formula is C47H33NS. The van der Waals surface area contributed by atoms with Crippen molar-refractivity contribution in [3.05, 3.63) is 209 Å². The van der Waals surface area contributed by atoms with Gasteiger partial charge in [0.2, 0.25) is 0 Å². The first-order chi connectivity index (χ1) is 24.3. The minimum absolute atomic E-state index is 0.0898. The van der Waals surface area contributed by atoms with E-state index in [4.69, 9.17) is 4.99 Å². The first-order valence-electron chi connectivity index (χ1n) is 17.2. The number of fused-ring (bicyclic) bond motifs is 8. The third-order valence-corrected chi connectivity index (χ3v) is 11.8. The summed E-state index contributed by atoms with van der Waals surface area (Å²) in [4.78, 5) is 7.68. The molecule has 4 aliphatic rings. The van der Waals surface area contributed by atoms with Crippen LogP contribution in [0.4, 0.5) is 0 Å². The van der Waals surface area contributed by atoms with Crippen molar-refractivity contribution < 1.29 is 0 Å². The minimum Gasteiger partial charge on any atom is -0.272 e. The Balaban J connectivity index is 1.02. The van der Waals surface area contributed by atoms with Crippen molar-refractivity contribution in [1.29, 1.82) is 0 Å². The van der Waals surface area contributed by atoms with Gasteiger partial charge in [-0.2, -0.15) is 0 Å². The molecule has 0 saturated heterocycles. The normalized spacial score (nSPS) is 19.8. The number of benzene rings is 6. The van der Waals surface area contributed by atoms with Crippen molar-refractivity contribution in [2.75, 3.05) is 0 Å². The molecule has 6 aromatic carbocycles. The molecule has 0 bridgehead atoms. The van der Waals surface area contributed by atoms with Gasteiger partial charge in [-0.15, -0.1) is 0 Å². The van der Waals surface area contributed by atoms with Gasteiger partial charge in [0.25, 0.3) is 0 Å². The highest BCUT2D eigenvalue weighted by atomic mass is 32.2. The highest BCUT2D eigenvalue weighted by Gasteiger charge is 2.50. The van der Waals surface area contributed by atoms with Crippen LogP contribution in [0.5, 0.6) is 0 Å². The van der Waals surface area contributed by atoms with Gasteiger partial charge < -0.3 is 0 Å². The molecule has 0 fully saturated rings. The summed E-state index contributed by atoms with van der Waals surface area (Å²) in [5.41, 5.74) is 16.6. The lowest BCUT2D eigenvalue weighted by Crippen LogP contribution is -2.32. The zero-order chi connectivity index (χ0) is 32.4. The summed E-state index contributed by atoms with van der Waals surface area (Å²) in [6.45, 7) is 0. The molecule has 1 unspecified atom stereocenters. The van der Waals surface area contributed by atoms with E-state index in [9.17, 15) is 0 Å². The van der Waals surface area contributed by atoms with Crippen molar-refractivity contribution in [3.63, 3.8) is 0 Å². The lowest BCUT2D eigenvalue weighted by Gasteiger charge is -2.41. The summed E-state index contributed by atoms with van der Waals surface area (Å²) in [6.07, 6.45) is 11.3. The number of allylic oxidation sites excluding steroid dienone is 5. The van der Waals surface area contributed by atoms with Gasteiger partial charge in [0, 0.05) is 9.79 Å². The maximum Gasteiger partial charge on any atom is 0.0941 e. The Labute approximate surface area is 292 Å². The topological polar surface area (TPSA) is 12.4 Å². The van der Waals surface area contributed by atoms with Crippen LogP contribution in [0.3, 0.4) is 0 Å². The lowest BCUT2D eigenvalue weighted by molar-refractivity contribution is 0.713. The van der Waals surface area contributed by atoms with Crippen LogP contribution in [0.25, 0.3) is 27.8 Å². The molecule has 1 nitrogen and oxygen atoms in total. The second-order valence-corrected chi connectivity index (χ2v) is 14.4. The number of rotatable bonds is 4. The summed E-state index contributed by atoms with van der Waals surface area (Å²) < 4.78 is 0.